The maximum atomic E-state index is 11.9. The summed E-state index contributed by atoms with van der Waals surface area (Å²) in [6, 6.07) is 9.28. The van der Waals surface area contributed by atoms with Gasteiger partial charge in [-0.2, -0.15) is 0 Å². The Kier molecular flexibility index (Phi) is 6.29. The lowest BCUT2D eigenvalue weighted by Gasteiger charge is -2.28. The average Bonchev–Trinajstić information content (AvgIpc) is 2.49. The van der Waals surface area contributed by atoms with Crippen molar-refractivity contribution in [2.45, 2.75) is 64.2 Å². The van der Waals surface area contributed by atoms with Gasteiger partial charge in [0.25, 0.3) is 0 Å². The Labute approximate surface area is 123 Å². The van der Waals surface area contributed by atoms with Gasteiger partial charge in [-0.1, -0.05) is 43.7 Å². The van der Waals surface area contributed by atoms with E-state index in [9.17, 15) is 4.39 Å². The molecule has 0 nitrogen and oxygen atoms in total. The Morgan fingerprint density at radius 1 is 1.10 bits per heavy atom. The van der Waals surface area contributed by atoms with Crippen LogP contribution in [0.25, 0.3) is 0 Å². The largest absolute Gasteiger partial charge is 0.216 e. The highest BCUT2D eigenvalue weighted by Gasteiger charge is 2.21. The van der Waals surface area contributed by atoms with Crippen LogP contribution in [0.3, 0.4) is 0 Å². The molecule has 1 heteroatoms. The molecule has 0 amide bonds. The predicted octanol–water partition coefficient (Wildman–Crippen LogP) is 6.18. The Morgan fingerprint density at radius 2 is 1.80 bits per heavy atom. The molecule has 1 aliphatic rings. The van der Waals surface area contributed by atoms with Crippen molar-refractivity contribution in [3.05, 3.63) is 47.8 Å². The number of hydrogen-bond donors (Lipinski definition) is 0. The SMILES string of the molecule is CCCc1ccc([C@H]2CC[C@H](CC/C=C/F)CC2)cc1. The molecule has 2 rings (SSSR count). The molecule has 110 valence electrons. The second-order valence-electron chi connectivity index (χ2n) is 6.15. The van der Waals surface area contributed by atoms with Crippen LogP contribution in [-0.2, 0) is 6.42 Å². The van der Waals surface area contributed by atoms with Gasteiger partial charge < -0.3 is 0 Å². The third-order valence-electron chi connectivity index (χ3n) is 4.67. The van der Waals surface area contributed by atoms with Gasteiger partial charge in [-0.15, -0.1) is 0 Å². The van der Waals surface area contributed by atoms with Crippen molar-refractivity contribution < 1.29 is 4.39 Å². The van der Waals surface area contributed by atoms with Crippen molar-refractivity contribution in [2.75, 3.05) is 0 Å². The van der Waals surface area contributed by atoms with E-state index >= 15 is 0 Å². The highest BCUT2D eigenvalue weighted by Crippen LogP contribution is 2.37. The van der Waals surface area contributed by atoms with E-state index in [-0.39, 0.29) is 0 Å². The molecule has 0 aliphatic heterocycles. The van der Waals surface area contributed by atoms with Gasteiger partial charge in [0.05, 0.1) is 6.33 Å². The van der Waals surface area contributed by atoms with Gasteiger partial charge in [0.1, 0.15) is 0 Å². The van der Waals surface area contributed by atoms with Crippen LogP contribution in [0.5, 0.6) is 0 Å². The molecular formula is C19H27F. The maximum Gasteiger partial charge on any atom is 0.0827 e. The fraction of sp³-hybridized carbons (Fsp3) is 0.579. The summed E-state index contributed by atoms with van der Waals surface area (Å²) in [5.41, 5.74) is 2.98. The van der Waals surface area contributed by atoms with Crippen molar-refractivity contribution in [2.24, 2.45) is 5.92 Å². The first-order valence-corrected chi connectivity index (χ1v) is 8.17. The molecule has 0 heterocycles. The van der Waals surface area contributed by atoms with Crippen molar-refractivity contribution in [1.29, 1.82) is 0 Å². The minimum absolute atomic E-state index is 0.684. The van der Waals surface area contributed by atoms with Crippen LogP contribution in [-0.4, -0.2) is 0 Å². The number of rotatable bonds is 6. The summed E-state index contributed by atoms with van der Waals surface area (Å²) in [7, 11) is 0. The van der Waals surface area contributed by atoms with E-state index in [0.717, 1.165) is 24.7 Å². The molecule has 0 bridgehead atoms. The van der Waals surface area contributed by atoms with Crippen LogP contribution in [0, 0.1) is 5.92 Å². The number of allylic oxidation sites excluding steroid dienone is 1. The molecule has 1 aromatic rings. The average molecular weight is 274 g/mol. The lowest BCUT2D eigenvalue weighted by Crippen LogP contribution is -2.13. The topological polar surface area (TPSA) is 0 Å². The standard InChI is InChI=1S/C19H27F/c1-2-5-16-7-11-18(12-8-16)19-13-9-17(10-14-19)6-3-4-15-20/h4,7-8,11-12,15,17,19H,2-3,5-6,9-10,13-14H2,1H3/b15-4+/t17-,19-. The van der Waals surface area contributed by atoms with Crippen molar-refractivity contribution >= 4 is 0 Å². The van der Waals surface area contributed by atoms with Gasteiger partial charge in [0.15, 0.2) is 0 Å². The Bertz CT molecular complexity index is 396. The zero-order chi connectivity index (χ0) is 14.2. The van der Waals surface area contributed by atoms with Crippen LogP contribution >= 0.6 is 0 Å². The van der Waals surface area contributed by atoms with Crippen LogP contribution < -0.4 is 0 Å². The van der Waals surface area contributed by atoms with E-state index in [4.69, 9.17) is 0 Å². The summed E-state index contributed by atoms with van der Waals surface area (Å²) in [5.74, 6) is 1.56. The van der Waals surface area contributed by atoms with Gasteiger partial charge in [0, 0.05) is 0 Å². The van der Waals surface area contributed by atoms with E-state index in [0.29, 0.717) is 6.33 Å². The Balaban J connectivity index is 1.80. The maximum absolute atomic E-state index is 11.9. The van der Waals surface area contributed by atoms with Gasteiger partial charge in [-0.25, -0.2) is 4.39 Å². The molecule has 1 fully saturated rings. The number of halogens is 1. The summed E-state index contributed by atoms with van der Waals surface area (Å²) in [5, 5.41) is 0. The summed E-state index contributed by atoms with van der Waals surface area (Å²) in [4.78, 5) is 0. The first kappa shape index (κ1) is 15.3. The minimum Gasteiger partial charge on any atom is -0.216 e. The second-order valence-corrected chi connectivity index (χ2v) is 6.15. The molecule has 0 N–H and O–H groups in total. The predicted molar refractivity (Wildman–Crippen MR) is 84.6 cm³/mol. The molecular weight excluding hydrogens is 247 g/mol. The number of aryl methyl sites for hydroxylation is 1. The summed E-state index contributed by atoms with van der Waals surface area (Å²) >= 11 is 0. The van der Waals surface area contributed by atoms with Gasteiger partial charge in [-0.3, -0.25) is 0 Å². The van der Waals surface area contributed by atoms with E-state index in [1.165, 1.54) is 49.7 Å². The van der Waals surface area contributed by atoms with E-state index in [1.807, 2.05) is 0 Å². The Morgan fingerprint density at radius 3 is 2.40 bits per heavy atom. The molecule has 1 aliphatic carbocycles. The fourth-order valence-corrected chi connectivity index (χ4v) is 3.42. The molecule has 0 saturated heterocycles. The molecule has 0 radical (unpaired) electrons. The highest BCUT2D eigenvalue weighted by atomic mass is 19.1. The van der Waals surface area contributed by atoms with Gasteiger partial charge in [0.2, 0.25) is 0 Å². The quantitative estimate of drug-likeness (QED) is 0.581. The number of benzene rings is 1. The monoisotopic (exact) mass is 274 g/mol. The van der Waals surface area contributed by atoms with Gasteiger partial charge >= 0.3 is 0 Å². The first-order chi connectivity index (χ1) is 9.83. The van der Waals surface area contributed by atoms with Crippen LogP contribution in [0.15, 0.2) is 36.7 Å². The number of hydrogen-bond acceptors (Lipinski definition) is 0. The third-order valence-corrected chi connectivity index (χ3v) is 4.67. The summed E-state index contributed by atoms with van der Waals surface area (Å²) in [6.07, 6.45) is 12.0. The fourth-order valence-electron chi connectivity index (χ4n) is 3.42. The molecule has 0 aromatic heterocycles. The zero-order valence-electron chi connectivity index (χ0n) is 12.7. The molecule has 1 aromatic carbocycles. The zero-order valence-corrected chi connectivity index (χ0v) is 12.7. The van der Waals surface area contributed by atoms with E-state index in [1.54, 1.807) is 6.08 Å². The Hall–Kier alpha value is -1.11. The van der Waals surface area contributed by atoms with Crippen LogP contribution in [0.2, 0.25) is 0 Å². The lowest BCUT2D eigenvalue weighted by atomic mass is 9.77. The van der Waals surface area contributed by atoms with Crippen molar-refractivity contribution in [3.8, 4) is 0 Å². The minimum atomic E-state index is 0.684. The summed E-state index contributed by atoms with van der Waals surface area (Å²) in [6.45, 7) is 2.23. The highest BCUT2D eigenvalue weighted by molar-refractivity contribution is 5.25. The molecule has 0 unspecified atom stereocenters. The van der Waals surface area contributed by atoms with Gasteiger partial charge in [-0.05, 0) is 67.9 Å². The van der Waals surface area contributed by atoms with Crippen LogP contribution in [0.1, 0.15) is 68.9 Å². The third kappa shape index (κ3) is 4.47. The van der Waals surface area contributed by atoms with Crippen molar-refractivity contribution in [1.82, 2.24) is 0 Å². The lowest BCUT2D eigenvalue weighted by molar-refractivity contribution is 0.311. The smallest absolute Gasteiger partial charge is 0.0827 e. The molecule has 0 spiro atoms. The molecule has 0 atom stereocenters. The molecule has 1 saturated carbocycles. The second kappa shape index (κ2) is 8.24. The van der Waals surface area contributed by atoms with Crippen molar-refractivity contribution in [3.63, 3.8) is 0 Å². The van der Waals surface area contributed by atoms with Crippen LogP contribution in [0.4, 0.5) is 4.39 Å². The normalized spacial score (nSPS) is 23.3. The first-order valence-electron chi connectivity index (χ1n) is 8.17. The molecule has 20 heavy (non-hydrogen) atoms. The van der Waals surface area contributed by atoms with E-state index < -0.39 is 0 Å². The summed E-state index contributed by atoms with van der Waals surface area (Å²) < 4.78 is 11.9. The van der Waals surface area contributed by atoms with E-state index in [2.05, 4.69) is 31.2 Å².